The Labute approximate surface area is 158 Å². The zero-order valence-electron chi connectivity index (χ0n) is 15.6. The fourth-order valence-electron chi connectivity index (χ4n) is 5.30. The van der Waals surface area contributed by atoms with E-state index in [-0.39, 0.29) is 5.91 Å². The van der Waals surface area contributed by atoms with Crippen molar-refractivity contribution < 1.29 is 14.3 Å². The summed E-state index contributed by atoms with van der Waals surface area (Å²) in [4.78, 5) is 32.8. The number of aromatic nitrogens is 1. The van der Waals surface area contributed by atoms with Crippen LogP contribution in [-0.4, -0.2) is 59.4 Å². The molecule has 3 aliphatic heterocycles. The Hall–Kier alpha value is -2.50. The summed E-state index contributed by atoms with van der Waals surface area (Å²) in [6.07, 6.45) is 3.90. The van der Waals surface area contributed by atoms with E-state index in [1.54, 1.807) is 7.11 Å². The van der Waals surface area contributed by atoms with Crippen LogP contribution in [0.2, 0.25) is 0 Å². The number of piperidine rings is 3. The van der Waals surface area contributed by atoms with Gasteiger partial charge in [-0.15, -0.1) is 0 Å². The summed E-state index contributed by atoms with van der Waals surface area (Å²) in [6, 6.07) is 8.03. The highest BCUT2D eigenvalue weighted by atomic mass is 16.5. The standard InChI is InChI=1S/C21H25N3O3/c1-27-16-5-6-17-14(8-16)9-18(22-17)21(26)23-10-13-7-15(12-23)19-3-2-4-20(25)24(19)11-13/h5-6,8-9,13,15,19,22H,2-4,7,10-12H2,1H3/t13-,15+,19+/m1/s1. The van der Waals surface area contributed by atoms with Crippen LogP contribution >= 0.6 is 0 Å². The van der Waals surface area contributed by atoms with E-state index in [0.29, 0.717) is 35.9 Å². The van der Waals surface area contributed by atoms with Gasteiger partial charge in [0, 0.05) is 43.0 Å². The molecule has 2 aromatic rings. The van der Waals surface area contributed by atoms with E-state index in [1.165, 1.54) is 0 Å². The van der Waals surface area contributed by atoms with Crippen LogP contribution in [-0.2, 0) is 4.79 Å². The number of methoxy groups -OCH3 is 1. The van der Waals surface area contributed by atoms with Crippen molar-refractivity contribution >= 4 is 22.7 Å². The van der Waals surface area contributed by atoms with Crippen molar-refractivity contribution in [3.63, 3.8) is 0 Å². The maximum atomic E-state index is 13.2. The highest BCUT2D eigenvalue weighted by molar-refractivity contribution is 5.98. The molecule has 2 amide bonds. The number of ether oxygens (including phenoxy) is 1. The Kier molecular flexibility index (Phi) is 3.88. The lowest BCUT2D eigenvalue weighted by molar-refractivity contribution is -0.144. The minimum absolute atomic E-state index is 0.0652. The average Bonchev–Trinajstić information content (AvgIpc) is 3.11. The first-order valence-electron chi connectivity index (χ1n) is 9.88. The van der Waals surface area contributed by atoms with Crippen molar-refractivity contribution in [3.05, 3.63) is 30.0 Å². The molecule has 1 aromatic heterocycles. The third-order valence-corrected chi connectivity index (χ3v) is 6.53. The van der Waals surface area contributed by atoms with E-state index >= 15 is 0 Å². The summed E-state index contributed by atoms with van der Waals surface area (Å²) >= 11 is 0. The second-order valence-electron chi connectivity index (χ2n) is 8.21. The Balaban J connectivity index is 1.38. The van der Waals surface area contributed by atoms with Crippen LogP contribution in [0, 0.1) is 11.8 Å². The molecule has 6 nitrogen and oxygen atoms in total. The number of carbonyl (C=O) groups excluding carboxylic acids is 2. The summed E-state index contributed by atoms with van der Waals surface area (Å²) in [6.45, 7) is 2.31. The van der Waals surface area contributed by atoms with Gasteiger partial charge in [0.25, 0.3) is 5.91 Å². The molecular weight excluding hydrogens is 342 g/mol. The largest absolute Gasteiger partial charge is 0.497 e. The predicted octanol–water partition coefficient (Wildman–Crippen LogP) is 2.65. The van der Waals surface area contributed by atoms with Crippen LogP contribution in [0.15, 0.2) is 24.3 Å². The number of likely N-dealkylation sites (tertiary alicyclic amines) is 1. The normalized spacial score (nSPS) is 27.6. The molecule has 0 spiro atoms. The van der Waals surface area contributed by atoms with Crippen molar-refractivity contribution in [2.45, 2.75) is 31.7 Å². The van der Waals surface area contributed by atoms with Gasteiger partial charge in [0.05, 0.1) is 7.11 Å². The molecular formula is C21H25N3O3. The molecule has 27 heavy (non-hydrogen) atoms. The predicted molar refractivity (Wildman–Crippen MR) is 102 cm³/mol. The fourth-order valence-corrected chi connectivity index (χ4v) is 5.30. The van der Waals surface area contributed by atoms with Gasteiger partial charge < -0.3 is 19.5 Å². The van der Waals surface area contributed by atoms with Crippen LogP contribution in [0.1, 0.15) is 36.2 Å². The summed E-state index contributed by atoms with van der Waals surface area (Å²) < 4.78 is 5.28. The molecule has 1 N–H and O–H groups in total. The molecule has 5 rings (SSSR count). The van der Waals surface area contributed by atoms with Crippen LogP contribution < -0.4 is 4.74 Å². The second-order valence-corrected chi connectivity index (χ2v) is 8.21. The fraction of sp³-hybridized carbons (Fsp3) is 0.524. The van der Waals surface area contributed by atoms with E-state index in [4.69, 9.17) is 4.74 Å². The van der Waals surface area contributed by atoms with Gasteiger partial charge in [-0.05, 0) is 55.4 Å². The maximum absolute atomic E-state index is 13.2. The Morgan fingerprint density at radius 1 is 1.22 bits per heavy atom. The molecule has 0 unspecified atom stereocenters. The highest BCUT2D eigenvalue weighted by Gasteiger charge is 2.44. The van der Waals surface area contributed by atoms with Crippen LogP contribution in [0.3, 0.4) is 0 Å². The molecule has 3 aliphatic rings. The van der Waals surface area contributed by atoms with Crippen LogP contribution in [0.4, 0.5) is 0 Å². The monoisotopic (exact) mass is 367 g/mol. The van der Waals surface area contributed by atoms with Crippen molar-refractivity contribution in [1.82, 2.24) is 14.8 Å². The first kappa shape index (κ1) is 16.7. The Bertz CT molecular complexity index is 905. The van der Waals surface area contributed by atoms with Crippen molar-refractivity contribution in [3.8, 4) is 5.75 Å². The van der Waals surface area contributed by atoms with Crippen LogP contribution in [0.25, 0.3) is 10.9 Å². The molecule has 2 bridgehead atoms. The summed E-state index contributed by atoms with van der Waals surface area (Å²) in [5.41, 5.74) is 1.58. The first-order valence-corrected chi connectivity index (χ1v) is 9.88. The third kappa shape index (κ3) is 2.78. The lowest BCUT2D eigenvalue weighted by atomic mass is 9.76. The summed E-state index contributed by atoms with van der Waals surface area (Å²) in [7, 11) is 1.64. The Morgan fingerprint density at radius 3 is 2.96 bits per heavy atom. The number of nitrogens with one attached hydrogen (secondary N) is 1. The SMILES string of the molecule is COc1ccc2[nH]c(C(=O)N3C[C@H]4C[C@@H](C3)[C@@H]3CCCC(=O)N3C4)cc2c1. The van der Waals surface area contributed by atoms with Gasteiger partial charge >= 0.3 is 0 Å². The van der Waals surface area contributed by atoms with Crippen molar-refractivity contribution in [2.24, 2.45) is 11.8 Å². The zero-order chi connectivity index (χ0) is 18.5. The number of H-pyrrole nitrogens is 1. The molecule has 6 heteroatoms. The number of amides is 2. The number of fused-ring (bicyclic) bond motifs is 5. The third-order valence-electron chi connectivity index (χ3n) is 6.53. The quantitative estimate of drug-likeness (QED) is 0.887. The van der Waals surface area contributed by atoms with Gasteiger partial charge in [-0.25, -0.2) is 0 Å². The van der Waals surface area contributed by atoms with Gasteiger partial charge in [-0.1, -0.05) is 0 Å². The number of hydrogen-bond donors (Lipinski definition) is 1. The molecule has 4 heterocycles. The highest BCUT2D eigenvalue weighted by Crippen LogP contribution is 2.38. The van der Waals surface area contributed by atoms with E-state index in [2.05, 4.69) is 9.88 Å². The molecule has 142 valence electrons. The van der Waals surface area contributed by atoms with Gasteiger partial charge in [0.1, 0.15) is 11.4 Å². The van der Waals surface area contributed by atoms with Crippen molar-refractivity contribution in [2.75, 3.05) is 26.7 Å². The van der Waals surface area contributed by atoms with E-state index < -0.39 is 0 Å². The van der Waals surface area contributed by atoms with E-state index in [1.807, 2.05) is 29.2 Å². The molecule has 0 radical (unpaired) electrons. The molecule has 0 aliphatic carbocycles. The molecule has 3 fully saturated rings. The first-order chi connectivity index (χ1) is 13.1. The average molecular weight is 367 g/mol. The molecule has 3 saturated heterocycles. The number of benzene rings is 1. The van der Waals surface area contributed by atoms with Gasteiger partial charge in [0.2, 0.25) is 5.91 Å². The second kappa shape index (κ2) is 6.29. The number of rotatable bonds is 2. The Morgan fingerprint density at radius 2 is 2.11 bits per heavy atom. The van der Waals surface area contributed by atoms with Crippen molar-refractivity contribution in [1.29, 1.82) is 0 Å². The van der Waals surface area contributed by atoms with Gasteiger partial charge in [0.15, 0.2) is 0 Å². The molecule has 3 atom stereocenters. The number of carbonyl (C=O) groups is 2. The topological polar surface area (TPSA) is 65.6 Å². The number of nitrogens with zero attached hydrogens (tertiary/aromatic N) is 2. The maximum Gasteiger partial charge on any atom is 0.270 e. The van der Waals surface area contributed by atoms with Crippen LogP contribution in [0.5, 0.6) is 5.75 Å². The lowest BCUT2D eigenvalue weighted by Gasteiger charge is -2.52. The van der Waals surface area contributed by atoms with Gasteiger partial charge in [-0.2, -0.15) is 0 Å². The minimum Gasteiger partial charge on any atom is -0.497 e. The number of hydrogen-bond acceptors (Lipinski definition) is 3. The van der Waals surface area contributed by atoms with Gasteiger partial charge in [-0.3, -0.25) is 9.59 Å². The lowest BCUT2D eigenvalue weighted by Crippen LogP contribution is -2.61. The minimum atomic E-state index is 0.0652. The molecule has 1 aromatic carbocycles. The molecule has 0 saturated carbocycles. The summed E-state index contributed by atoms with van der Waals surface area (Å²) in [5, 5.41) is 0.985. The summed E-state index contributed by atoms with van der Waals surface area (Å²) in [5.74, 6) is 1.97. The number of aromatic amines is 1. The van der Waals surface area contributed by atoms with E-state index in [0.717, 1.165) is 55.5 Å². The smallest absolute Gasteiger partial charge is 0.270 e. The van der Waals surface area contributed by atoms with E-state index in [9.17, 15) is 9.59 Å². The zero-order valence-corrected chi connectivity index (χ0v) is 15.6.